The normalized spacial score (nSPS) is 18.4. The van der Waals surface area contributed by atoms with E-state index in [9.17, 15) is 9.59 Å². The number of carboxylic acid groups (broad SMARTS) is 1. The maximum absolute atomic E-state index is 11.5. The van der Waals surface area contributed by atoms with Gasteiger partial charge >= 0.3 is 11.6 Å². The van der Waals surface area contributed by atoms with Crippen LogP contribution in [0.4, 0.5) is 0 Å². The third kappa shape index (κ3) is 2.41. The standard InChI is InChI=1S/C11H16N2O4/c12-8(10(14)15)5-7-9(13-17-11(7)16)6-3-1-2-4-6/h6,8,13H,1-5,12H2,(H,14,15)/t8-/m0/s1. The van der Waals surface area contributed by atoms with Crippen LogP contribution >= 0.6 is 0 Å². The Morgan fingerprint density at radius 3 is 2.76 bits per heavy atom. The number of aliphatic carboxylic acids is 1. The van der Waals surface area contributed by atoms with Crippen LogP contribution in [0, 0.1) is 0 Å². The van der Waals surface area contributed by atoms with Crippen LogP contribution in [0.15, 0.2) is 9.32 Å². The Morgan fingerprint density at radius 1 is 1.53 bits per heavy atom. The van der Waals surface area contributed by atoms with Crippen molar-refractivity contribution in [3.8, 4) is 0 Å². The molecule has 1 aromatic heterocycles. The highest BCUT2D eigenvalue weighted by Crippen LogP contribution is 2.34. The molecule has 1 aliphatic rings. The molecule has 0 bridgehead atoms. The molecule has 1 fully saturated rings. The lowest BCUT2D eigenvalue weighted by atomic mass is 9.97. The first-order chi connectivity index (χ1) is 8.09. The minimum absolute atomic E-state index is 0.0208. The van der Waals surface area contributed by atoms with Gasteiger partial charge in [0.25, 0.3) is 0 Å². The molecule has 4 N–H and O–H groups in total. The van der Waals surface area contributed by atoms with Crippen LogP contribution in [0.3, 0.4) is 0 Å². The zero-order chi connectivity index (χ0) is 12.4. The molecule has 1 aromatic rings. The molecule has 1 heterocycles. The number of nitrogens with two attached hydrogens (primary N) is 1. The molecule has 0 saturated heterocycles. The summed E-state index contributed by atoms with van der Waals surface area (Å²) in [7, 11) is 0. The third-order valence-corrected chi connectivity index (χ3v) is 3.33. The SMILES string of the molecule is N[C@@H](Cc1c(C2CCCC2)[nH]oc1=O)C(=O)O. The van der Waals surface area contributed by atoms with Crippen LogP contribution in [0.5, 0.6) is 0 Å². The van der Waals surface area contributed by atoms with E-state index in [4.69, 9.17) is 15.4 Å². The van der Waals surface area contributed by atoms with E-state index in [0.29, 0.717) is 5.56 Å². The van der Waals surface area contributed by atoms with Gasteiger partial charge in [0.2, 0.25) is 0 Å². The molecule has 1 aliphatic carbocycles. The molecule has 0 aliphatic heterocycles. The molecule has 1 saturated carbocycles. The molecule has 2 rings (SSSR count). The van der Waals surface area contributed by atoms with Gasteiger partial charge in [-0.2, -0.15) is 0 Å². The molecule has 6 heteroatoms. The van der Waals surface area contributed by atoms with Gasteiger partial charge in [0.05, 0.1) is 11.3 Å². The average Bonchev–Trinajstić information content (AvgIpc) is 2.89. The van der Waals surface area contributed by atoms with Gasteiger partial charge in [0.15, 0.2) is 0 Å². The summed E-state index contributed by atoms with van der Waals surface area (Å²) in [5.74, 6) is -0.833. The fourth-order valence-electron chi connectivity index (χ4n) is 2.38. The van der Waals surface area contributed by atoms with E-state index in [1.54, 1.807) is 0 Å². The molecule has 94 valence electrons. The van der Waals surface area contributed by atoms with Crippen molar-refractivity contribution in [1.82, 2.24) is 5.16 Å². The predicted molar refractivity (Wildman–Crippen MR) is 59.9 cm³/mol. The first-order valence-electron chi connectivity index (χ1n) is 5.78. The summed E-state index contributed by atoms with van der Waals surface area (Å²) >= 11 is 0. The van der Waals surface area contributed by atoms with Gasteiger partial charge in [-0.25, -0.2) is 9.95 Å². The molecule has 0 spiro atoms. The minimum Gasteiger partial charge on any atom is -0.480 e. The first-order valence-corrected chi connectivity index (χ1v) is 5.78. The van der Waals surface area contributed by atoms with Crippen molar-refractivity contribution in [3.05, 3.63) is 21.7 Å². The average molecular weight is 240 g/mol. The fourth-order valence-corrected chi connectivity index (χ4v) is 2.38. The monoisotopic (exact) mass is 240 g/mol. The smallest absolute Gasteiger partial charge is 0.360 e. The molecule has 6 nitrogen and oxygen atoms in total. The Balaban J connectivity index is 2.23. The van der Waals surface area contributed by atoms with Crippen LogP contribution < -0.4 is 11.4 Å². The van der Waals surface area contributed by atoms with E-state index < -0.39 is 17.6 Å². The molecule has 0 amide bonds. The predicted octanol–water partition coefficient (Wildman–Crippen LogP) is 0.580. The Labute approximate surface area is 97.8 Å². The number of rotatable bonds is 4. The Hall–Kier alpha value is -1.56. The van der Waals surface area contributed by atoms with Crippen molar-refractivity contribution in [3.63, 3.8) is 0 Å². The van der Waals surface area contributed by atoms with Crippen molar-refractivity contribution in [2.45, 2.75) is 44.1 Å². The number of aromatic amines is 1. The molecular formula is C11H16N2O4. The second-order valence-electron chi connectivity index (χ2n) is 4.51. The van der Waals surface area contributed by atoms with Crippen LogP contribution in [-0.2, 0) is 11.2 Å². The Bertz CT molecular complexity index is 456. The Morgan fingerprint density at radius 2 is 2.18 bits per heavy atom. The zero-order valence-corrected chi connectivity index (χ0v) is 9.44. The number of hydrogen-bond acceptors (Lipinski definition) is 4. The van der Waals surface area contributed by atoms with E-state index in [-0.39, 0.29) is 12.3 Å². The second kappa shape index (κ2) is 4.75. The minimum atomic E-state index is -1.11. The summed E-state index contributed by atoms with van der Waals surface area (Å²) in [6.07, 6.45) is 4.28. The number of H-pyrrole nitrogens is 1. The molecule has 0 aromatic carbocycles. The highest BCUT2D eigenvalue weighted by Gasteiger charge is 2.26. The molecule has 0 unspecified atom stereocenters. The lowest BCUT2D eigenvalue weighted by Gasteiger charge is -2.09. The molecule has 0 radical (unpaired) electrons. The highest BCUT2D eigenvalue weighted by molar-refractivity contribution is 5.73. The largest absolute Gasteiger partial charge is 0.480 e. The summed E-state index contributed by atoms with van der Waals surface area (Å²) in [5, 5.41) is 11.4. The number of carboxylic acids is 1. The second-order valence-corrected chi connectivity index (χ2v) is 4.51. The van der Waals surface area contributed by atoms with Crippen molar-refractivity contribution in [2.24, 2.45) is 5.73 Å². The van der Waals surface area contributed by atoms with Gasteiger partial charge in [0.1, 0.15) is 6.04 Å². The van der Waals surface area contributed by atoms with Gasteiger partial charge in [-0.05, 0) is 12.8 Å². The lowest BCUT2D eigenvalue weighted by molar-refractivity contribution is -0.138. The maximum Gasteiger partial charge on any atom is 0.360 e. The van der Waals surface area contributed by atoms with Crippen molar-refractivity contribution in [2.75, 3.05) is 0 Å². The number of aromatic nitrogens is 1. The summed E-state index contributed by atoms with van der Waals surface area (Å²) in [6, 6.07) is -1.06. The zero-order valence-electron chi connectivity index (χ0n) is 9.44. The topological polar surface area (TPSA) is 109 Å². The summed E-state index contributed by atoms with van der Waals surface area (Å²) in [6.45, 7) is 0. The molecule has 17 heavy (non-hydrogen) atoms. The highest BCUT2D eigenvalue weighted by atomic mass is 16.5. The third-order valence-electron chi connectivity index (χ3n) is 3.33. The van der Waals surface area contributed by atoms with Crippen molar-refractivity contribution in [1.29, 1.82) is 0 Å². The number of carbonyl (C=O) groups is 1. The molecular weight excluding hydrogens is 224 g/mol. The quantitative estimate of drug-likeness (QED) is 0.713. The van der Waals surface area contributed by atoms with Gasteiger partial charge in [-0.3, -0.25) is 4.79 Å². The van der Waals surface area contributed by atoms with Crippen LogP contribution in [-0.4, -0.2) is 22.3 Å². The summed E-state index contributed by atoms with van der Waals surface area (Å²) in [5.41, 5.74) is 6.09. The van der Waals surface area contributed by atoms with Crippen LogP contribution in [0.2, 0.25) is 0 Å². The van der Waals surface area contributed by atoms with Gasteiger partial charge in [-0.15, -0.1) is 0 Å². The van der Waals surface area contributed by atoms with E-state index in [1.165, 1.54) is 0 Å². The lowest BCUT2D eigenvalue weighted by Crippen LogP contribution is -2.34. The van der Waals surface area contributed by atoms with Gasteiger partial charge < -0.3 is 15.4 Å². The van der Waals surface area contributed by atoms with Crippen molar-refractivity contribution >= 4 is 5.97 Å². The van der Waals surface area contributed by atoms with Crippen molar-refractivity contribution < 1.29 is 14.4 Å². The Kier molecular flexibility index (Phi) is 3.33. The number of nitrogens with one attached hydrogen (secondary N) is 1. The number of hydrogen-bond donors (Lipinski definition) is 3. The fraction of sp³-hybridized carbons (Fsp3) is 0.636. The van der Waals surface area contributed by atoms with E-state index in [0.717, 1.165) is 31.4 Å². The van der Waals surface area contributed by atoms with E-state index in [2.05, 4.69) is 5.16 Å². The van der Waals surface area contributed by atoms with Gasteiger partial charge in [0, 0.05) is 12.3 Å². The van der Waals surface area contributed by atoms with Gasteiger partial charge in [-0.1, -0.05) is 12.8 Å². The summed E-state index contributed by atoms with van der Waals surface area (Å²) < 4.78 is 4.76. The van der Waals surface area contributed by atoms with Crippen LogP contribution in [0.25, 0.3) is 0 Å². The van der Waals surface area contributed by atoms with E-state index >= 15 is 0 Å². The first kappa shape index (κ1) is 11.9. The maximum atomic E-state index is 11.5. The van der Waals surface area contributed by atoms with Crippen LogP contribution in [0.1, 0.15) is 42.9 Å². The summed E-state index contributed by atoms with van der Waals surface area (Å²) in [4.78, 5) is 22.2. The van der Waals surface area contributed by atoms with E-state index in [1.807, 2.05) is 0 Å². The molecule has 1 atom stereocenters.